The highest BCUT2D eigenvalue weighted by atomic mass is 16.7. The molecule has 3 atom stereocenters. The van der Waals surface area contributed by atoms with E-state index in [1.807, 2.05) is 0 Å². The van der Waals surface area contributed by atoms with Crippen molar-refractivity contribution in [2.75, 3.05) is 26.8 Å². The summed E-state index contributed by atoms with van der Waals surface area (Å²) >= 11 is 0. The first-order chi connectivity index (χ1) is 8.24. The number of hydrogen-bond acceptors (Lipinski definition) is 5. The average Bonchev–Trinajstić information content (AvgIpc) is 2.95. The van der Waals surface area contributed by atoms with E-state index in [1.54, 1.807) is 0 Å². The Morgan fingerprint density at radius 3 is 3.06 bits per heavy atom. The number of rotatable bonds is 4. The first-order valence-electron chi connectivity index (χ1n) is 6.32. The number of methoxy groups -OCH3 is 1. The van der Waals surface area contributed by atoms with E-state index in [2.05, 4.69) is 16.6 Å². The number of nitrogens with zero attached hydrogens (tertiary/aromatic N) is 1. The normalized spacial score (nSPS) is 34.1. The van der Waals surface area contributed by atoms with Gasteiger partial charge in [0.1, 0.15) is 0 Å². The lowest BCUT2D eigenvalue weighted by molar-refractivity contribution is -0.145. The van der Waals surface area contributed by atoms with Crippen LogP contribution in [0.4, 0.5) is 0 Å². The number of hydrogen-bond donors (Lipinski definition) is 0. The van der Waals surface area contributed by atoms with E-state index in [0.717, 1.165) is 19.5 Å². The Kier molecular flexibility index (Phi) is 4.36. The minimum absolute atomic E-state index is 0.147. The number of likely N-dealkylation sites (N-methyl/N-ethyl adjacent to an activating group) is 1. The van der Waals surface area contributed by atoms with Crippen LogP contribution in [0.3, 0.4) is 0 Å². The van der Waals surface area contributed by atoms with Crippen LogP contribution < -0.4 is 0 Å². The molecule has 2 aliphatic heterocycles. The fraction of sp³-hybridized carbons (Fsp3) is 0.917. The fourth-order valence-electron chi connectivity index (χ4n) is 2.60. The van der Waals surface area contributed by atoms with Gasteiger partial charge in [-0.2, -0.15) is 0 Å². The Bertz CT molecular complexity index is 271. The molecule has 3 unspecified atom stereocenters. The summed E-state index contributed by atoms with van der Waals surface area (Å²) in [5.74, 6) is -0.238. The molecule has 5 heteroatoms. The molecule has 0 N–H and O–H groups in total. The van der Waals surface area contributed by atoms with Crippen LogP contribution in [0.2, 0.25) is 0 Å². The first-order valence-corrected chi connectivity index (χ1v) is 6.32. The third-order valence-electron chi connectivity index (χ3n) is 3.53. The molecule has 0 aromatic rings. The quantitative estimate of drug-likeness (QED) is 0.683. The third kappa shape index (κ3) is 2.97. The highest BCUT2D eigenvalue weighted by Gasteiger charge is 2.38. The van der Waals surface area contributed by atoms with Crippen LogP contribution in [0.5, 0.6) is 0 Å². The molecule has 0 aliphatic carbocycles. The molecular formula is C12H21NO4. The summed E-state index contributed by atoms with van der Waals surface area (Å²) in [4.78, 5) is 13.5. The maximum Gasteiger partial charge on any atom is 0.308 e. The van der Waals surface area contributed by atoms with Gasteiger partial charge in [0, 0.05) is 0 Å². The van der Waals surface area contributed by atoms with Gasteiger partial charge < -0.3 is 14.2 Å². The topological polar surface area (TPSA) is 48.0 Å². The van der Waals surface area contributed by atoms with Crippen LogP contribution in [0.25, 0.3) is 0 Å². The van der Waals surface area contributed by atoms with Crippen molar-refractivity contribution in [3.05, 3.63) is 0 Å². The maximum absolute atomic E-state index is 11.1. The molecule has 2 aliphatic rings. The van der Waals surface area contributed by atoms with E-state index in [9.17, 15) is 4.79 Å². The van der Waals surface area contributed by atoms with Crippen molar-refractivity contribution in [2.24, 2.45) is 0 Å². The van der Waals surface area contributed by atoms with Crippen LogP contribution in [0, 0.1) is 0 Å². The van der Waals surface area contributed by atoms with E-state index in [1.165, 1.54) is 13.5 Å². The standard InChI is InChI=1S/C12H21NO4/c1-3-13-6-4-5-10(13)12-16-8-9(17-12)7-11(14)15-2/h9-10,12H,3-8H2,1-2H3. The Labute approximate surface area is 102 Å². The second kappa shape index (κ2) is 5.80. The fourth-order valence-corrected chi connectivity index (χ4v) is 2.60. The van der Waals surface area contributed by atoms with Crippen LogP contribution in [0.1, 0.15) is 26.2 Å². The van der Waals surface area contributed by atoms with E-state index < -0.39 is 0 Å². The first kappa shape index (κ1) is 12.8. The summed E-state index contributed by atoms with van der Waals surface area (Å²) in [6, 6.07) is 0.350. The number of ether oxygens (including phenoxy) is 3. The molecule has 0 spiro atoms. The molecule has 98 valence electrons. The Balaban J connectivity index is 1.83. The van der Waals surface area contributed by atoms with Gasteiger partial charge in [0.05, 0.1) is 32.3 Å². The molecular weight excluding hydrogens is 222 g/mol. The number of carbonyl (C=O) groups is 1. The zero-order valence-corrected chi connectivity index (χ0v) is 10.6. The molecule has 0 amide bonds. The lowest BCUT2D eigenvalue weighted by atomic mass is 10.2. The minimum atomic E-state index is -0.238. The van der Waals surface area contributed by atoms with Crippen molar-refractivity contribution in [3.63, 3.8) is 0 Å². The van der Waals surface area contributed by atoms with E-state index in [4.69, 9.17) is 9.47 Å². The van der Waals surface area contributed by atoms with Gasteiger partial charge in [0.15, 0.2) is 6.29 Å². The molecule has 0 bridgehead atoms. The van der Waals surface area contributed by atoms with Crippen LogP contribution >= 0.6 is 0 Å². The Hall–Kier alpha value is -0.650. The molecule has 2 fully saturated rings. The highest BCUT2D eigenvalue weighted by Crippen LogP contribution is 2.27. The number of esters is 1. The summed E-state index contributed by atoms with van der Waals surface area (Å²) in [7, 11) is 1.39. The van der Waals surface area contributed by atoms with E-state index in [0.29, 0.717) is 12.6 Å². The largest absolute Gasteiger partial charge is 0.469 e. The van der Waals surface area contributed by atoms with Crippen LogP contribution in [-0.2, 0) is 19.0 Å². The maximum atomic E-state index is 11.1. The zero-order chi connectivity index (χ0) is 12.3. The van der Waals surface area contributed by atoms with Crippen molar-refractivity contribution in [3.8, 4) is 0 Å². The Morgan fingerprint density at radius 1 is 1.53 bits per heavy atom. The summed E-state index contributed by atoms with van der Waals surface area (Å²) in [5, 5.41) is 0. The van der Waals surface area contributed by atoms with Gasteiger partial charge in [-0.3, -0.25) is 9.69 Å². The third-order valence-corrected chi connectivity index (χ3v) is 3.53. The van der Waals surface area contributed by atoms with Gasteiger partial charge in [-0.05, 0) is 25.9 Å². The summed E-state index contributed by atoms with van der Waals surface area (Å²) in [5.41, 5.74) is 0. The van der Waals surface area contributed by atoms with Crippen molar-refractivity contribution in [2.45, 2.75) is 44.6 Å². The van der Waals surface area contributed by atoms with Gasteiger partial charge in [0.2, 0.25) is 0 Å². The summed E-state index contributed by atoms with van der Waals surface area (Å²) in [6.07, 6.45) is 2.28. The van der Waals surface area contributed by atoms with E-state index >= 15 is 0 Å². The van der Waals surface area contributed by atoms with Gasteiger partial charge in [-0.1, -0.05) is 6.92 Å². The minimum Gasteiger partial charge on any atom is -0.469 e. The molecule has 2 saturated heterocycles. The van der Waals surface area contributed by atoms with Gasteiger partial charge in [0.25, 0.3) is 0 Å². The van der Waals surface area contributed by atoms with Crippen LogP contribution in [0.15, 0.2) is 0 Å². The van der Waals surface area contributed by atoms with Gasteiger partial charge in [-0.15, -0.1) is 0 Å². The van der Waals surface area contributed by atoms with Gasteiger partial charge >= 0.3 is 5.97 Å². The van der Waals surface area contributed by atoms with Crippen molar-refractivity contribution < 1.29 is 19.0 Å². The molecule has 0 aromatic heterocycles. The highest BCUT2D eigenvalue weighted by molar-refractivity contribution is 5.69. The number of carbonyl (C=O) groups excluding carboxylic acids is 1. The molecule has 17 heavy (non-hydrogen) atoms. The van der Waals surface area contributed by atoms with Crippen molar-refractivity contribution in [1.29, 1.82) is 0 Å². The van der Waals surface area contributed by atoms with Crippen molar-refractivity contribution in [1.82, 2.24) is 4.90 Å². The predicted molar refractivity (Wildman–Crippen MR) is 61.5 cm³/mol. The SMILES string of the molecule is CCN1CCCC1C1OCC(CC(=O)OC)O1. The molecule has 0 aromatic carbocycles. The van der Waals surface area contributed by atoms with Crippen LogP contribution in [-0.4, -0.2) is 56.1 Å². The smallest absolute Gasteiger partial charge is 0.308 e. The molecule has 2 heterocycles. The monoisotopic (exact) mass is 243 g/mol. The Morgan fingerprint density at radius 2 is 2.35 bits per heavy atom. The molecule has 5 nitrogen and oxygen atoms in total. The van der Waals surface area contributed by atoms with Gasteiger partial charge in [-0.25, -0.2) is 0 Å². The van der Waals surface area contributed by atoms with Crippen molar-refractivity contribution >= 4 is 5.97 Å². The lowest BCUT2D eigenvalue weighted by Crippen LogP contribution is -2.39. The molecule has 0 saturated carbocycles. The second-order valence-corrected chi connectivity index (χ2v) is 4.58. The lowest BCUT2D eigenvalue weighted by Gasteiger charge is -2.26. The zero-order valence-electron chi connectivity index (χ0n) is 10.6. The summed E-state index contributed by atoms with van der Waals surface area (Å²) < 4.78 is 16.1. The van der Waals surface area contributed by atoms with E-state index in [-0.39, 0.29) is 24.8 Å². The number of likely N-dealkylation sites (tertiary alicyclic amines) is 1. The predicted octanol–water partition coefficient (Wildman–Crippen LogP) is 0.775. The second-order valence-electron chi connectivity index (χ2n) is 4.58. The summed E-state index contributed by atoms with van der Waals surface area (Å²) in [6.45, 7) is 4.79. The molecule has 0 radical (unpaired) electrons. The molecule has 2 rings (SSSR count). The average molecular weight is 243 g/mol.